The zero-order valence-electron chi connectivity index (χ0n) is 5.54. The summed E-state index contributed by atoms with van der Waals surface area (Å²) < 4.78 is 18.3. The smallest absolute Gasteiger partial charge is 0.594 e. The van der Waals surface area contributed by atoms with Crippen molar-refractivity contribution in [3.8, 4) is 0 Å². The largest absolute Gasteiger partial charge is 2.00 e. The van der Waals surface area contributed by atoms with Crippen LogP contribution in [-0.4, -0.2) is 22.9 Å². The summed E-state index contributed by atoms with van der Waals surface area (Å²) in [4.78, 5) is 18.3. The van der Waals surface area contributed by atoms with Crippen molar-refractivity contribution in [3.63, 3.8) is 0 Å². The molecule has 11 heavy (non-hydrogen) atoms. The van der Waals surface area contributed by atoms with Crippen LogP contribution in [0.4, 0.5) is 0 Å². The Kier molecular flexibility index (Phi) is 21.3. The zero-order valence-corrected chi connectivity index (χ0v) is 10.3. The van der Waals surface area contributed by atoms with Gasteiger partial charge in [-0.05, 0) is 0 Å². The molecule has 9 heteroatoms. The summed E-state index contributed by atoms with van der Waals surface area (Å²) in [5, 5.41) is 15.1. The zero-order chi connectivity index (χ0) is 8.57. The van der Waals surface area contributed by atoms with Gasteiger partial charge in [-0.2, -0.15) is 0 Å². The van der Waals surface area contributed by atoms with Crippen LogP contribution in [0.5, 0.6) is 0 Å². The van der Waals surface area contributed by atoms with Crippen molar-refractivity contribution in [1.29, 1.82) is 0 Å². The monoisotopic (exact) mass is 252 g/mol. The summed E-state index contributed by atoms with van der Waals surface area (Å²) >= 11 is 0. The second-order valence-corrected chi connectivity index (χ2v) is 2.84. The fourth-order valence-corrected chi connectivity index (χ4v) is 0. The molecule has 0 aliphatic heterocycles. The van der Waals surface area contributed by atoms with Crippen molar-refractivity contribution in [2.24, 2.45) is 0 Å². The van der Waals surface area contributed by atoms with E-state index in [9.17, 15) is 0 Å². The van der Waals surface area contributed by atoms with Gasteiger partial charge in [0.15, 0.2) is 0 Å². The summed E-state index contributed by atoms with van der Waals surface area (Å²) in [7, 11) is -5.09. The maximum Gasteiger partial charge on any atom is 2.00 e. The Labute approximate surface area is 77.8 Å². The van der Waals surface area contributed by atoms with E-state index in [-0.39, 0.29) is 19.5 Å². The maximum atomic E-state index is 9.16. The van der Waals surface area contributed by atoms with Crippen LogP contribution in [0.25, 0.3) is 0 Å². The van der Waals surface area contributed by atoms with Gasteiger partial charge in [0.2, 0.25) is 12.7 Å². The second-order valence-electron chi connectivity index (χ2n) is 0.948. The van der Waals surface area contributed by atoms with Gasteiger partial charge in [0.1, 0.15) is 0 Å². The van der Waals surface area contributed by atoms with E-state index in [0.717, 1.165) is 0 Å². The van der Waals surface area contributed by atoms with Gasteiger partial charge >= 0.3 is 35.5 Å². The molecule has 60 valence electrons. The molecule has 2 atom stereocenters. The number of aliphatic hydroxyl groups is 2. The van der Waals surface area contributed by atoms with Crippen LogP contribution in [0.2, 0.25) is 0 Å². The number of rotatable bonds is 2. The second kappa shape index (κ2) is 13.3. The van der Waals surface area contributed by atoms with Crippen molar-refractivity contribution in [3.05, 3.63) is 0 Å². The number of hydrogen-bond donors (Lipinski definition) is 2. The van der Waals surface area contributed by atoms with E-state index in [1.807, 2.05) is 0 Å². The van der Waals surface area contributed by atoms with Gasteiger partial charge in [0.25, 0.3) is 0 Å². The SMILES string of the molecule is O=[P+]([O-])CO.O=[P+]([O-])CO.[Zn+2]. The minimum atomic E-state index is -2.54. The molecule has 6 nitrogen and oxygen atoms in total. The Morgan fingerprint density at radius 2 is 1.09 bits per heavy atom. The third-order valence-corrected chi connectivity index (χ3v) is 0.693. The van der Waals surface area contributed by atoms with E-state index in [1.54, 1.807) is 0 Å². The minimum absolute atomic E-state index is 0. The molecule has 0 saturated carbocycles. The fourth-order valence-electron chi connectivity index (χ4n) is 0. The number of hydrogen-bond acceptors (Lipinski definition) is 6. The van der Waals surface area contributed by atoms with Crippen LogP contribution in [-0.2, 0) is 28.6 Å². The molecule has 0 heterocycles. The molecular formula is C2H6O6P2Zn+2. The average Bonchev–Trinajstić information content (AvgIpc) is 1.89. The van der Waals surface area contributed by atoms with E-state index in [2.05, 4.69) is 0 Å². The standard InChI is InChI=1S/2CH3O3P.Zn/c2*2-1-5(3)4;/h2*2H,1H2;/q;;+2. The third kappa shape index (κ3) is 36.8. The summed E-state index contributed by atoms with van der Waals surface area (Å²) in [6, 6.07) is 0. The predicted molar refractivity (Wildman–Crippen MR) is 29.4 cm³/mol. The minimum Gasteiger partial charge on any atom is -0.594 e. The van der Waals surface area contributed by atoms with Gasteiger partial charge in [-0.25, -0.2) is 0 Å². The molecule has 0 spiro atoms. The molecule has 0 aromatic heterocycles. The first-order chi connectivity index (χ1) is 4.54. The summed E-state index contributed by atoms with van der Waals surface area (Å²) in [6.45, 7) is 0. The first-order valence-electron chi connectivity index (χ1n) is 2.00. The van der Waals surface area contributed by atoms with Crippen molar-refractivity contribution in [2.45, 2.75) is 0 Å². The number of aliphatic hydroxyl groups excluding tert-OH is 2. The van der Waals surface area contributed by atoms with Gasteiger partial charge in [-0.3, -0.25) is 0 Å². The maximum absolute atomic E-state index is 9.16. The van der Waals surface area contributed by atoms with Crippen LogP contribution >= 0.6 is 16.1 Å². The molecule has 0 aromatic rings. The fraction of sp³-hybridized carbons (Fsp3) is 1.00. The van der Waals surface area contributed by atoms with Crippen LogP contribution in [0.15, 0.2) is 0 Å². The summed E-state index contributed by atoms with van der Waals surface area (Å²) in [5.74, 6) is 0. The van der Waals surface area contributed by atoms with Gasteiger partial charge in [-0.15, -0.1) is 0 Å². The van der Waals surface area contributed by atoms with Crippen molar-refractivity contribution in [1.82, 2.24) is 0 Å². The molecule has 0 aromatic carbocycles. The molecule has 0 saturated heterocycles. The van der Waals surface area contributed by atoms with Gasteiger partial charge in [0.05, 0.1) is 0 Å². The van der Waals surface area contributed by atoms with Crippen molar-refractivity contribution >= 4 is 16.1 Å². The van der Waals surface area contributed by atoms with E-state index in [4.69, 9.17) is 29.1 Å². The van der Waals surface area contributed by atoms with E-state index in [1.165, 1.54) is 0 Å². The molecule has 0 fully saturated rings. The third-order valence-electron chi connectivity index (χ3n) is 0.231. The van der Waals surface area contributed by atoms with E-state index in [0.29, 0.717) is 0 Å². The topological polar surface area (TPSA) is 121 Å². The first-order valence-corrected chi connectivity index (χ1v) is 4.72. The quantitative estimate of drug-likeness (QED) is 0.437. The van der Waals surface area contributed by atoms with Crippen LogP contribution in [0.3, 0.4) is 0 Å². The molecule has 2 unspecified atom stereocenters. The van der Waals surface area contributed by atoms with Crippen molar-refractivity contribution < 1.29 is 48.6 Å². The van der Waals surface area contributed by atoms with E-state index >= 15 is 0 Å². The predicted octanol–water partition coefficient (Wildman–Crippen LogP) is -1.92. The molecule has 0 rings (SSSR count). The molecule has 0 bridgehead atoms. The average molecular weight is 253 g/mol. The van der Waals surface area contributed by atoms with Gasteiger partial charge in [0, 0.05) is 0 Å². The molecule has 0 radical (unpaired) electrons. The van der Waals surface area contributed by atoms with Gasteiger partial charge in [-0.1, -0.05) is 9.13 Å². The Bertz CT molecular complexity index is 103. The van der Waals surface area contributed by atoms with Crippen LogP contribution in [0.1, 0.15) is 0 Å². The Morgan fingerprint density at radius 3 is 1.09 bits per heavy atom. The first kappa shape index (κ1) is 17.7. The molecule has 0 amide bonds. The molecule has 0 aliphatic carbocycles. The van der Waals surface area contributed by atoms with Crippen LogP contribution in [0, 0.1) is 0 Å². The van der Waals surface area contributed by atoms with Crippen LogP contribution < -0.4 is 9.79 Å². The Morgan fingerprint density at radius 1 is 1.00 bits per heavy atom. The Hall–Kier alpha value is 0.663. The Balaban J connectivity index is -0.000000107. The molecule has 0 aliphatic rings. The van der Waals surface area contributed by atoms with Gasteiger partial charge < -0.3 is 20.0 Å². The van der Waals surface area contributed by atoms with Crippen molar-refractivity contribution in [2.75, 3.05) is 12.7 Å². The molecular weight excluding hydrogens is 247 g/mol. The van der Waals surface area contributed by atoms with E-state index < -0.39 is 28.8 Å². The molecule has 2 N–H and O–H groups in total. The summed E-state index contributed by atoms with van der Waals surface area (Å²) in [6.07, 6.45) is -1.48. The normalized spacial score (nSPS) is 10.2. The summed E-state index contributed by atoms with van der Waals surface area (Å²) in [5.41, 5.74) is 0.